The Balaban J connectivity index is 1.48. The number of likely N-dealkylation sites (tertiary alicyclic amines) is 1. The van der Waals surface area contributed by atoms with Gasteiger partial charge in [0.25, 0.3) is 0 Å². The minimum absolute atomic E-state index is 0.0354. The molecule has 0 bridgehead atoms. The van der Waals surface area contributed by atoms with Crippen LogP contribution in [0.4, 0.5) is 0 Å². The molecule has 2 aromatic rings. The monoisotopic (exact) mass is 388 g/mol. The Kier molecular flexibility index (Phi) is 5.19. The molecule has 2 fully saturated rings. The average molecular weight is 389 g/mol. The third-order valence-electron chi connectivity index (χ3n) is 5.39. The molecule has 0 unspecified atom stereocenters. The number of carbonyl (C=O) groups is 1. The fourth-order valence-corrected chi connectivity index (χ4v) is 4.17. The third kappa shape index (κ3) is 4.01. The van der Waals surface area contributed by atoms with E-state index < -0.39 is 0 Å². The van der Waals surface area contributed by atoms with Crippen LogP contribution in [0.1, 0.15) is 55.0 Å². The Hall–Kier alpha value is -1.92. The van der Waals surface area contributed by atoms with Crippen LogP contribution >= 0.6 is 11.6 Å². The molecule has 0 spiro atoms. The molecule has 144 valence electrons. The van der Waals surface area contributed by atoms with Crippen molar-refractivity contribution in [3.63, 3.8) is 0 Å². The van der Waals surface area contributed by atoms with Gasteiger partial charge in [-0.1, -0.05) is 23.7 Å². The second-order valence-corrected chi connectivity index (χ2v) is 8.26. The molecule has 0 N–H and O–H groups in total. The molecule has 2 heterocycles. The van der Waals surface area contributed by atoms with Crippen LogP contribution in [0.2, 0.25) is 5.02 Å². The van der Waals surface area contributed by atoms with E-state index in [9.17, 15) is 4.79 Å². The number of hydrogen-bond acceptors (Lipinski definition) is 5. The quantitative estimate of drug-likeness (QED) is 0.782. The van der Waals surface area contributed by atoms with Crippen molar-refractivity contribution in [2.45, 2.75) is 44.2 Å². The smallest absolute Gasteiger partial charge is 0.239 e. The van der Waals surface area contributed by atoms with E-state index >= 15 is 0 Å². The molecule has 6 nitrogen and oxygen atoms in total. The number of amides is 1. The van der Waals surface area contributed by atoms with Crippen molar-refractivity contribution in [1.29, 1.82) is 0 Å². The first-order valence-corrected chi connectivity index (χ1v) is 9.93. The van der Waals surface area contributed by atoms with Crippen molar-refractivity contribution >= 4 is 17.5 Å². The molecule has 7 heteroatoms. The number of aromatic nitrogens is 2. The van der Waals surface area contributed by atoms with Crippen LogP contribution in [0.3, 0.4) is 0 Å². The van der Waals surface area contributed by atoms with E-state index in [1.807, 2.05) is 42.1 Å². The van der Waals surface area contributed by atoms with Gasteiger partial charge in [0.1, 0.15) is 6.04 Å². The van der Waals surface area contributed by atoms with Gasteiger partial charge in [0.15, 0.2) is 0 Å². The molecule has 1 aromatic heterocycles. The Bertz CT molecular complexity index is 822. The highest BCUT2D eigenvalue weighted by molar-refractivity contribution is 6.30. The van der Waals surface area contributed by atoms with E-state index in [2.05, 4.69) is 16.3 Å². The van der Waals surface area contributed by atoms with Gasteiger partial charge in [-0.05, 0) is 63.4 Å². The maximum absolute atomic E-state index is 13.2. The van der Waals surface area contributed by atoms with E-state index in [0.29, 0.717) is 18.3 Å². The summed E-state index contributed by atoms with van der Waals surface area (Å²) in [4.78, 5) is 17.1. The van der Waals surface area contributed by atoms with E-state index in [-0.39, 0.29) is 23.8 Å². The normalized spacial score (nSPS) is 25.0. The number of piperidine rings is 1. The van der Waals surface area contributed by atoms with Crippen LogP contribution in [0.15, 0.2) is 28.7 Å². The molecule has 1 aromatic carbocycles. The zero-order chi connectivity index (χ0) is 19.0. The van der Waals surface area contributed by atoms with Crippen molar-refractivity contribution in [1.82, 2.24) is 20.0 Å². The average Bonchev–Trinajstić information content (AvgIpc) is 3.33. The van der Waals surface area contributed by atoms with Crippen LogP contribution in [-0.4, -0.2) is 46.5 Å². The van der Waals surface area contributed by atoms with Crippen molar-refractivity contribution in [3.05, 3.63) is 46.6 Å². The van der Waals surface area contributed by atoms with Gasteiger partial charge in [0, 0.05) is 17.5 Å². The van der Waals surface area contributed by atoms with Crippen molar-refractivity contribution in [2.24, 2.45) is 5.92 Å². The summed E-state index contributed by atoms with van der Waals surface area (Å²) in [7, 11) is 3.92. The van der Waals surface area contributed by atoms with Crippen LogP contribution < -0.4 is 0 Å². The van der Waals surface area contributed by atoms with Crippen molar-refractivity contribution in [2.75, 3.05) is 20.6 Å². The summed E-state index contributed by atoms with van der Waals surface area (Å²) in [6, 6.07) is 7.75. The maximum atomic E-state index is 13.2. The van der Waals surface area contributed by atoms with Gasteiger partial charge < -0.3 is 14.2 Å². The molecule has 27 heavy (non-hydrogen) atoms. The van der Waals surface area contributed by atoms with E-state index in [0.717, 1.165) is 42.8 Å². The number of carbonyl (C=O) groups excluding carboxylic acids is 1. The number of rotatable bonds is 5. The fraction of sp³-hybridized carbons (Fsp3) is 0.550. The molecule has 1 aliphatic carbocycles. The standard InChI is InChI=1S/C20H25ClN4O2/c1-24(2)12-18-22-23-19(27-18)17-8-3-4-9-25(17)20(26)16-11-15(16)13-6-5-7-14(21)10-13/h5-7,10,15-17H,3-4,8-9,11-12H2,1-2H3/t15-,16-,17+/m1/s1. The highest BCUT2D eigenvalue weighted by atomic mass is 35.5. The highest BCUT2D eigenvalue weighted by Crippen LogP contribution is 2.50. The molecule has 1 saturated carbocycles. The first-order chi connectivity index (χ1) is 13.0. The molecule has 3 atom stereocenters. The summed E-state index contributed by atoms with van der Waals surface area (Å²) in [5.41, 5.74) is 1.15. The lowest BCUT2D eigenvalue weighted by Crippen LogP contribution is -2.39. The molecule has 1 saturated heterocycles. The van der Waals surface area contributed by atoms with Gasteiger partial charge in [0.2, 0.25) is 17.7 Å². The number of hydrogen-bond donors (Lipinski definition) is 0. The topological polar surface area (TPSA) is 62.5 Å². The maximum Gasteiger partial charge on any atom is 0.239 e. The van der Waals surface area contributed by atoms with E-state index in [1.165, 1.54) is 0 Å². The fourth-order valence-electron chi connectivity index (χ4n) is 3.97. The van der Waals surface area contributed by atoms with Crippen LogP contribution in [-0.2, 0) is 11.3 Å². The minimum Gasteiger partial charge on any atom is -0.422 e. The predicted molar refractivity (Wildman–Crippen MR) is 102 cm³/mol. The van der Waals surface area contributed by atoms with Gasteiger partial charge in [-0.3, -0.25) is 4.79 Å². The second kappa shape index (κ2) is 7.60. The lowest BCUT2D eigenvalue weighted by molar-refractivity contribution is -0.137. The van der Waals surface area contributed by atoms with Crippen LogP contribution in [0, 0.1) is 5.92 Å². The SMILES string of the molecule is CN(C)Cc1nnc([C@@H]2CCCCN2C(=O)[C@@H]2C[C@@H]2c2cccc(Cl)c2)o1. The summed E-state index contributed by atoms with van der Waals surface area (Å²) in [6.07, 6.45) is 3.86. The predicted octanol–water partition coefficient (Wildman–Crippen LogP) is 3.64. The van der Waals surface area contributed by atoms with Crippen LogP contribution in [0.5, 0.6) is 0 Å². The largest absolute Gasteiger partial charge is 0.422 e. The first-order valence-electron chi connectivity index (χ1n) is 9.56. The molecule has 2 aliphatic rings. The third-order valence-corrected chi connectivity index (χ3v) is 5.62. The lowest BCUT2D eigenvalue weighted by atomic mass is 10.0. The minimum atomic E-state index is -0.102. The second-order valence-electron chi connectivity index (χ2n) is 7.82. The highest BCUT2D eigenvalue weighted by Gasteiger charge is 2.48. The number of halogens is 1. The molecular weight excluding hydrogens is 364 g/mol. The molecule has 0 radical (unpaired) electrons. The van der Waals surface area contributed by atoms with Crippen molar-refractivity contribution in [3.8, 4) is 0 Å². The Morgan fingerprint density at radius 1 is 1.33 bits per heavy atom. The summed E-state index contributed by atoms with van der Waals surface area (Å²) in [6.45, 7) is 1.36. The molecular formula is C20H25ClN4O2. The summed E-state index contributed by atoms with van der Waals surface area (Å²) >= 11 is 6.11. The molecule has 1 amide bonds. The Labute approximate surface area is 164 Å². The molecule has 1 aliphatic heterocycles. The summed E-state index contributed by atoms with van der Waals surface area (Å²) in [5.74, 6) is 1.67. The van der Waals surface area contributed by atoms with E-state index in [1.54, 1.807) is 0 Å². The number of nitrogens with zero attached hydrogens (tertiary/aromatic N) is 4. The number of benzene rings is 1. The zero-order valence-corrected chi connectivity index (χ0v) is 16.5. The Morgan fingerprint density at radius 2 is 2.19 bits per heavy atom. The van der Waals surface area contributed by atoms with Gasteiger partial charge in [0.05, 0.1) is 6.54 Å². The van der Waals surface area contributed by atoms with E-state index in [4.69, 9.17) is 16.0 Å². The molecule has 4 rings (SSSR count). The van der Waals surface area contributed by atoms with Crippen molar-refractivity contribution < 1.29 is 9.21 Å². The zero-order valence-electron chi connectivity index (χ0n) is 15.8. The Morgan fingerprint density at radius 3 is 2.96 bits per heavy atom. The first kappa shape index (κ1) is 18.4. The van der Waals surface area contributed by atoms with Gasteiger partial charge >= 0.3 is 0 Å². The van der Waals surface area contributed by atoms with Gasteiger partial charge in [-0.25, -0.2) is 0 Å². The summed E-state index contributed by atoms with van der Waals surface area (Å²) < 4.78 is 5.87. The van der Waals surface area contributed by atoms with Gasteiger partial charge in [-0.2, -0.15) is 0 Å². The van der Waals surface area contributed by atoms with Gasteiger partial charge in [-0.15, -0.1) is 10.2 Å². The summed E-state index contributed by atoms with van der Waals surface area (Å²) in [5, 5.41) is 9.11. The van der Waals surface area contributed by atoms with Crippen LogP contribution in [0.25, 0.3) is 0 Å². The lowest BCUT2D eigenvalue weighted by Gasteiger charge is -2.33.